The Hall–Kier alpha value is -1.79. The molecule has 0 radical (unpaired) electrons. The molecule has 1 N–H and O–H groups in total. The summed E-state index contributed by atoms with van der Waals surface area (Å²) in [4.78, 5) is 0. The summed E-state index contributed by atoms with van der Waals surface area (Å²) >= 11 is 0. The van der Waals surface area contributed by atoms with Crippen LogP contribution < -0.4 is 5.32 Å². The maximum absolute atomic E-state index is 5.04. The van der Waals surface area contributed by atoms with Gasteiger partial charge in [0.1, 0.15) is 0 Å². The van der Waals surface area contributed by atoms with E-state index >= 15 is 0 Å². The standard InChI is InChI=1S/C15H23N5O/c1-4-13-5-7-14(8-6-13)11-20-15(17-18-19-20)12(2)16-9-10-21-3/h5-8,12,16H,4,9-11H2,1-3H3. The molecule has 0 aliphatic rings. The van der Waals surface area contributed by atoms with E-state index in [2.05, 4.69) is 59.0 Å². The fourth-order valence-electron chi connectivity index (χ4n) is 2.16. The number of aryl methyl sites for hydroxylation is 1. The monoisotopic (exact) mass is 289 g/mol. The van der Waals surface area contributed by atoms with E-state index in [4.69, 9.17) is 4.74 Å². The first-order valence-corrected chi connectivity index (χ1v) is 7.30. The average Bonchev–Trinajstić information content (AvgIpc) is 2.96. The summed E-state index contributed by atoms with van der Waals surface area (Å²) in [5, 5.41) is 15.3. The highest BCUT2D eigenvalue weighted by atomic mass is 16.5. The van der Waals surface area contributed by atoms with Gasteiger partial charge in [0, 0.05) is 13.7 Å². The average molecular weight is 289 g/mol. The first kappa shape index (κ1) is 15.6. The van der Waals surface area contributed by atoms with E-state index in [9.17, 15) is 0 Å². The van der Waals surface area contributed by atoms with Crippen molar-refractivity contribution in [2.45, 2.75) is 32.9 Å². The zero-order valence-corrected chi connectivity index (χ0v) is 12.9. The fourth-order valence-corrected chi connectivity index (χ4v) is 2.16. The summed E-state index contributed by atoms with van der Waals surface area (Å²) in [5.41, 5.74) is 2.54. The molecule has 114 valence electrons. The van der Waals surface area contributed by atoms with E-state index in [0.717, 1.165) is 18.8 Å². The molecule has 6 nitrogen and oxygen atoms in total. The highest BCUT2D eigenvalue weighted by Gasteiger charge is 2.14. The number of hydrogen-bond acceptors (Lipinski definition) is 5. The van der Waals surface area contributed by atoms with E-state index in [1.54, 1.807) is 7.11 Å². The normalized spacial score (nSPS) is 12.5. The maximum atomic E-state index is 5.04. The molecule has 0 aliphatic carbocycles. The molecule has 1 aromatic heterocycles. The highest BCUT2D eigenvalue weighted by molar-refractivity contribution is 5.22. The number of methoxy groups -OCH3 is 1. The lowest BCUT2D eigenvalue weighted by Crippen LogP contribution is -2.26. The van der Waals surface area contributed by atoms with E-state index in [1.807, 2.05) is 4.68 Å². The second kappa shape index (κ2) is 7.85. The SMILES string of the molecule is CCc1ccc(Cn2nnnc2C(C)NCCOC)cc1. The van der Waals surface area contributed by atoms with Gasteiger partial charge in [-0.25, -0.2) is 4.68 Å². The minimum atomic E-state index is 0.0880. The van der Waals surface area contributed by atoms with Crippen LogP contribution in [0.25, 0.3) is 0 Å². The highest BCUT2D eigenvalue weighted by Crippen LogP contribution is 2.11. The Labute approximate surface area is 125 Å². The molecule has 2 rings (SSSR count). The minimum absolute atomic E-state index is 0.0880. The Balaban J connectivity index is 2.01. The summed E-state index contributed by atoms with van der Waals surface area (Å²) in [6.45, 7) is 6.34. The third kappa shape index (κ3) is 4.34. The molecule has 1 unspecified atom stereocenters. The fraction of sp³-hybridized carbons (Fsp3) is 0.533. The van der Waals surface area contributed by atoms with Crippen molar-refractivity contribution in [2.24, 2.45) is 0 Å². The van der Waals surface area contributed by atoms with Crippen LogP contribution in [-0.2, 0) is 17.7 Å². The largest absolute Gasteiger partial charge is 0.383 e. The second-order valence-electron chi connectivity index (χ2n) is 5.03. The molecule has 0 spiro atoms. The van der Waals surface area contributed by atoms with Crippen molar-refractivity contribution in [1.82, 2.24) is 25.5 Å². The number of benzene rings is 1. The van der Waals surface area contributed by atoms with E-state index in [0.29, 0.717) is 13.2 Å². The van der Waals surface area contributed by atoms with Crippen LogP contribution in [0.3, 0.4) is 0 Å². The topological polar surface area (TPSA) is 64.9 Å². The number of tetrazole rings is 1. The molecular weight excluding hydrogens is 266 g/mol. The molecular formula is C15H23N5O. The van der Waals surface area contributed by atoms with Crippen molar-refractivity contribution in [1.29, 1.82) is 0 Å². The first-order valence-electron chi connectivity index (χ1n) is 7.30. The van der Waals surface area contributed by atoms with Gasteiger partial charge in [-0.1, -0.05) is 31.2 Å². The van der Waals surface area contributed by atoms with Crippen molar-refractivity contribution < 1.29 is 4.74 Å². The summed E-state index contributed by atoms with van der Waals surface area (Å²) in [6.07, 6.45) is 1.05. The predicted molar refractivity (Wildman–Crippen MR) is 81.0 cm³/mol. The van der Waals surface area contributed by atoms with Crippen LogP contribution in [-0.4, -0.2) is 40.5 Å². The Kier molecular flexibility index (Phi) is 5.83. The van der Waals surface area contributed by atoms with Gasteiger partial charge < -0.3 is 10.1 Å². The van der Waals surface area contributed by atoms with Crippen LogP contribution in [0.1, 0.15) is 36.8 Å². The van der Waals surface area contributed by atoms with Gasteiger partial charge in [-0.3, -0.25) is 0 Å². The molecule has 0 bridgehead atoms. The van der Waals surface area contributed by atoms with Gasteiger partial charge in [0.05, 0.1) is 19.2 Å². The summed E-state index contributed by atoms with van der Waals surface area (Å²) in [5.74, 6) is 0.839. The van der Waals surface area contributed by atoms with Crippen LogP contribution in [0.2, 0.25) is 0 Å². The molecule has 21 heavy (non-hydrogen) atoms. The van der Waals surface area contributed by atoms with Crippen LogP contribution >= 0.6 is 0 Å². The number of hydrogen-bond donors (Lipinski definition) is 1. The molecule has 6 heteroatoms. The summed E-state index contributed by atoms with van der Waals surface area (Å²) in [6, 6.07) is 8.66. The van der Waals surface area contributed by atoms with Gasteiger partial charge in [0.2, 0.25) is 0 Å². The number of ether oxygens (including phenoxy) is 1. The van der Waals surface area contributed by atoms with E-state index < -0.39 is 0 Å². The van der Waals surface area contributed by atoms with Gasteiger partial charge in [0.25, 0.3) is 0 Å². The molecule has 0 fully saturated rings. The summed E-state index contributed by atoms with van der Waals surface area (Å²) < 4.78 is 6.88. The van der Waals surface area contributed by atoms with Gasteiger partial charge in [-0.2, -0.15) is 0 Å². The third-order valence-electron chi connectivity index (χ3n) is 3.47. The van der Waals surface area contributed by atoms with Gasteiger partial charge >= 0.3 is 0 Å². The van der Waals surface area contributed by atoms with Crippen LogP contribution in [0.15, 0.2) is 24.3 Å². The van der Waals surface area contributed by atoms with Gasteiger partial charge in [-0.15, -0.1) is 5.10 Å². The molecule has 2 aromatic rings. The Bertz CT molecular complexity index is 537. The van der Waals surface area contributed by atoms with E-state index in [-0.39, 0.29) is 6.04 Å². The molecule has 1 atom stereocenters. The van der Waals surface area contributed by atoms with Crippen molar-refractivity contribution in [2.75, 3.05) is 20.3 Å². The molecule has 1 aromatic carbocycles. The predicted octanol–water partition coefficient (Wildman–Crippen LogP) is 1.58. The van der Waals surface area contributed by atoms with Crippen molar-refractivity contribution in [3.05, 3.63) is 41.2 Å². The molecule has 0 aliphatic heterocycles. The Morgan fingerprint density at radius 1 is 1.24 bits per heavy atom. The lowest BCUT2D eigenvalue weighted by Gasteiger charge is -2.13. The maximum Gasteiger partial charge on any atom is 0.168 e. The molecule has 1 heterocycles. The smallest absolute Gasteiger partial charge is 0.168 e. The molecule has 0 saturated heterocycles. The van der Waals surface area contributed by atoms with Crippen LogP contribution in [0.4, 0.5) is 0 Å². The molecule has 0 amide bonds. The lowest BCUT2D eigenvalue weighted by atomic mass is 10.1. The quantitative estimate of drug-likeness (QED) is 0.747. The lowest BCUT2D eigenvalue weighted by molar-refractivity contribution is 0.196. The first-order chi connectivity index (χ1) is 10.2. The molecule has 0 saturated carbocycles. The number of rotatable bonds is 8. The number of aromatic nitrogens is 4. The van der Waals surface area contributed by atoms with Crippen molar-refractivity contribution in [3.8, 4) is 0 Å². The van der Waals surface area contributed by atoms with Gasteiger partial charge in [0.15, 0.2) is 5.82 Å². The zero-order valence-electron chi connectivity index (χ0n) is 12.9. The van der Waals surface area contributed by atoms with Crippen LogP contribution in [0, 0.1) is 0 Å². The van der Waals surface area contributed by atoms with Crippen molar-refractivity contribution in [3.63, 3.8) is 0 Å². The van der Waals surface area contributed by atoms with Crippen molar-refractivity contribution >= 4 is 0 Å². The number of nitrogens with one attached hydrogen (secondary N) is 1. The number of nitrogens with zero attached hydrogens (tertiary/aromatic N) is 4. The Morgan fingerprint density at radius 3 is 2.62 bits per heavy atom. The van der Waals surface area contributed by atoms with E-state index in [1.165, 1.54) is 11.1 Å². The van der Waals surface area contributed by atoms with Crippen LogP contribution in [0.5, 0.6) is 0 Å². The summed E-state index contributed by atoms with van der Waals surface area (Å²) in [7, 11) is 1.69. The second-order valence-corrected chi connectivity index (χ2v) is 5.03. The zero-order chi connectivity index (χ0) is 15.1. The minimum Gasteiger partial charge on any atom is -0.383 e. The van der Waals surface area contributed by atoms with Gasteiger partial charge in [-0.05, 0) is 34.9 Å². The Morgan fingerprint density at radius 2 is 1.95 bits per heavy atom. The third-order valence-corrected chi connectivity index (χ3v) is 3.47.